The molecule has 0 aromatic rings. The van der Waals surface area contributed by atoms with E-state index in [9.17, 15) is 9.59 Å². The lowest BCUT2D eigenvalue weighted by atomic mass is 9.68. The fourth-order valence-corrected chi connectivity index (χ4v) is 8.59. The first-order chi connectivity index (χ1) is 17.4. The molecule has 5 rings (SSSR count). The Morgan fingerprint density at radius 3 is 2.58 bits per heavy atom. The van der Waals surface area contributed by atoms with E-state index in [4.69, 9.17) is 9.47 Å². The molecule has 5 aliphatic rings. The molecule has 1 saturated carbocycles. The van der Waals surface area contributed by atoms with Crippen molar-refractivity contribution in [1.29, 1.82) is 0 Å². The highest BCUT2D eigenvalue weighted by atomic mass is 32.2. The molecule has 1 aliphatic carbocycles. The highest BCUT2D eigenvalue weighted by Gasteiger charge is 2.48. The first-order valence-electron chi connectivity index (χ1n) is 13.6. The maximum Gasteiger partial charge on any atom is 0.231 e. The summed E-state index contributed by atoms with van der Waals surface area (Å²) in [5.74, 6) is 0.834. The highest BCUT2D eigenvalue weighted by Crippen LogP contribution is 2.40. The SMILES string of the molecule is COC1CCCCC1C1CC(C)NCC1C(=O)NC1NC2CN(C(=O)C3CN(C)NC3OC)CC2S1. The molecule has 4 N–H and O–H groups in total. The number of thioether (sulfide) groups is 1. The van der Waals surface area contributed by atoms with Crippen molar-refractivity contribution >= 4 is 23.6 Å². The molecule has 0 aromatic carbocycles. The third-order valence-electron chi connectivity index (χ3n) is 9.05. The van der Waals surface area contributed by atoms with E-state index >= 15 is 0 Å². The molecule has 4 heterocycles. The van der Waals surface area contributed by atoms with E-state index in [0.717, 1.165) is 25.8 Å². The van der Waals surface area contributed by atoms with Gasteiger partial charge in [-0.05, 0) is 38.0 Å². The van der Waals surface area contributed by atoms with Gasteiger partial charge in [0, 0.05) is 64.8 Å². The normalized spacial score (nSPS) is 43.5. The van der Waals surface area contributed by atoms with E-state index < -0.39 is 0 Å². The van der Waals surface area contributed by atoms with Gasteiger partial charge in [0.2, 0.25) is 11.8 Å². The van der Waals surface area contributed by atoms with Gasteiger partial charge in [-0.25, -0.2) is 10.4 Å². The second-order valence-corrected chi connectivity index (χ2v) is 12.7. The Morgan fingerprint density at radius 2 is 1.83 bits per heavy atom. The number of carbonyl (C=O) groups is 2. The number of amides is 2. The van der Waals surface area contributed by atoms with Crippen molar-refractivity contribution in [2.24, 2.45) is 23.7 Å². The molecule has 4 saturated heterocycles. The maximum atomic E-state index is 13.5. The van der Waals surface area contributed by atoms with Gasteiger partial charge in [-0.1, -0.05) is 12.8 Å². The van der Waals surface area contributed by atoms with Crippen LogP contribution in [0.25, 0.3) is 0 Å². The lowest BCUT2D eigenvalue weighted by Crippen LogP contribution is -2.55. The number of ether oxygens (including phenoxy) is 2. The molecule has 204 valence electrons. The molecule has 0 aromatic heterocycles. The molecule has 10 unspecified atom stereocenters. The van der Waals surface area contributed by atoms with Crippen LogP contribution in [-0.4, -0.2) is 104 Å². The third-order valence-corrected chi connectivity index (χ3v) is 10.4. The maximum absolute atomic E-state index is 13.5. The molecule has 4 aliphatic heterocycles. The first-order valence-corrected chi connectivity index (χ1v) is 14.6. The van der Waals surface area contributed by atoms with Crippen molar-refractivity contribution in [2.75, 3.05) is 47.4 Å². The Hall–Kier alpha value is -0.950. The Kier molecular flexibility index (Phi) is 8.46. The average molecular weight is 525 g/mol. The van der Waals surface area contributed by atoms with Crippen molar-refractivity contribution in [1.82, 2.24) is 31.3 Å². The standard InChI is InChI=1S/C25H44N6O4S/c1-14-9-16(15-7-5-6-8-20(15)34-3)17(10-26-14)22(32)28-25-27-19-12-31(13-21(19)36-25)24(33)18-11-30(2)29-23(18)35-4/h14-21,23,25-27,29H,5-13H2,1-4H3,(H,28,32). The molecule has 10 nitrogen and oxygen atoms in total. The van der Waals surface area contributed by atoms with Gasteiger partial charge < -0.3 is 25.0 Å². The Morgan fingerprint density at radius 1 is 1.03 bits per heavy atom. The number of likely N-dealkylation sites (tertiary alicyclic amines) is 1. The summed E-state index contributed by atoms with van der Waals surface area (Å²) in [4.78, 5) is 28.7. The van der Waals surface area contributed by atoms with Crippen molar-refractivity contribution < 1.29 is 19.1 Å². The summed E-state index contributed by atoms with van der Waals surface area (Å²) in [6, 6.07) is 0.613. The molecule has 2 amide bonds. The topological polar surface area (TPSA) is 107 Å². The second kappa shape index (κ2) is 11.4. The van der Waals surface area contributed by atoms with E-state index in [0.29, 0.717) is 37.5 Å². The van der Waals surface area contributed by atoms with Gasteiger partial charge in [-0.15, -0.1) is 11.8 Å². The van der Waals surface area contributed by atoms with Crippen LogP contribution in [0.3, 0.4) is 0 Å². The van der Waals surface area contributed by atoms with E-state index in [1.54, 1.807) is 18.9 Å². The molecule has 11 heteroatoms. The monoisotopic (exact) mass is 524 g/mol. The van der Waals surface area contributed by atoms with Crippen LogP contribution >= 0.6 is 11.8 Å². The molecule has 36 heavy (non-hydrogen) atoms. The summed E-state index contributed by atoms with van der Waals surface area (Å²) in [6.07, 6.45) is 5.71. The lowest BCUT2D eigenvalue weighted by molar-refractivity contribution is -0.138. The zero-order valence-electron chi connectivity index (χ0n) is 22.1. The van der Waals surface area contributed by atoms with E-state index in [2.05, 4.69) is 28.3 Å². The van der Waals surface area contributed by atoms with E-state index in [1.807, 2.05) is 24.1 Å². The molecule has 0 spiro atoms. The number of carbonyl (C=O) groups excluding carboxylic acids is 2. The summed E-state index contributed by atoms with van der Waals surface area (Å²) in [5.41, 5.74) is 3.08. The summed E-state index contributed by atoms with van der Waals surface area (Å²) < 4.78 is 11.4. The number of nitrogens with zero attached hydrogens (tertiary/aromatic N) is 2. The Labute approximate surface area is 219 Å². The van der Waals surface area contributed by atoms with Crippen LogP contribution in [0.2, 0.25) is 0 Å². The van der Waals surface area contributed by atoms with Gasteiger partial charge in [-0.2, -0.15) is 0 Å². The molecule has 0 radical (unpaired) electrons. The number of hydrogen-bond donors (Lipinski definition) is 4. The number of rotatable bonds is 6. The zero-order chi connectivity index (χ0) is 25.4. The van der Waals surface area contributed by atoms with Gasteiger partial charge in [0.15, 0.2) is 0 Å². The molecule has 5 fully saturated rings. The minimum absolute atomic E-state index is 0.0410. The minimum atomic E-state index is -0.280. The number of nitrogens with one attached hydrogen (secondary N) is 4. The minimum Gasteiger partial charge on any atom is -0.381 e. The number of hydrazine groups is 1. The van der Waals surface area contributed by atoms with Gasteiger partial charge in [0.05, 0.1) is 17.9 Å². The zero-order valence-corrected chi connectivity index (χ0v) is 22.9. The van der Waals surface area contributed by atoms with Crippen LogP contribution in [0.4, 0.5) is 0 Å². The quantitative estimate of drug-likeness (QED) is 0.387. The van der Waals surface area contributed by atoms with Crippen LogP contribution in [0.15, 0.2) is 0 Å². The van der Waals surface area contributed by atoms with Gasteiger partial charge >= 0.3 is 0 Å². The average Bonchev–Trinajstić information content (AvgIpc) is 3.56. The van der Waals surface area contributed by atoms with Crippen LogP contribution in [0.1, 0.15) is 39.0 Å². The lowest BCUT2D eigenvalue weighted by Gasteiger charge is -2.44. The first kappa shape index (κ1) is 26.6. The summed E-state index contributed by atoms with van der Waals surface area (Å²) in [5, 5.41) is 12.6. The molecular weight excluding hydrogens is 480 g/mol. The van der Waals surface area contributed by atoms with E-state index in [1.165, 1.54) is 12.8 Å². The van der Waals surface area contributed by atoms with Gasteiger partial charge in [0.25, 0.3) is 0 Å². The number of hydrogen-bond acceptors (Lipinski definition) is 9. The fraction of sp³-hybridized carbons (Fsp3) is 0.920. The predicted molar refractivity (Wildman–Crippen MR) is 139 cm³/mol. The van der Waals surface area contributed by atoms with Crippen molar-refractivity contribution in [3.8, 4) is 0 Å². The Balaban J connectivity index is 1.16. The number of methoxy groups -OCH3 is 2. The number of piperidine rings is 1. The third kappa shape index (κ3) is 5.43. The summed E-state index contributed by atoms with van der Waals surface area (Å²) in [7, 11) is 5.39. The second-order valence-electron chi connectivity index (χ2n) is 11.4. The predicted octanol–water partition coefficient (Wildman–Crippen LogP) is 0.160. The van der Waals surface area contributed by atoms with Crippen LogP contribution in [-0.2, 0) is 19.1 Å². The highest BCUT2D eigenvalue weighted by molar-refractivity contribution is 8.00. The van der Waals surface area contributed by atoms with Crippen molar-refractivity contribution in [3.63, 3.8) is 0 Å². The summed E-state index contributed by atoms with van der Waals surface area (Å²) in [6.45, 7) is 4.96. The largest absolute Gasteiger partial charge is 0.381 e. The van der Waals surface area contributed by atoms with Crippen LogP contribution in [0.5, 0.6) is 0 Å². The molecular formula is C25H44N6O4S. The molecule has 0 bridgehead atoms. The Bertz CT molecular complexity index is 793. The smallest absolute Gasteiger partial charge is 0.231 e. The fourth-order valence-electron chi connectivity index (χ4n) is 7.19. The summed E-state index contributed by atoms with van der Waals surface area (Å²) >= 11 is 1.75. The van der Waals surface area contributed by atoms with Crippen LogP contribution in [0, 0.1) is 23.7 Å². The van der Waals surface area contributed by atoms with Crippen molar-refractivity contribution in [3.05, 3.63) is 0 Å². The molecule has 10 atom stereocenters. The van der Waals surface area contributed by atoms with Gasteiger partial charge in [-0.3, -0.25) is 14.9 Å². The van der Waals surface area contributed by atoms with Crippen LogP contribution < -0.4 is 21.4 Å². The van der Waals surface area contributed by atoms with Crippen molar-refractivity contribution in [2.45, 2.75) is 74.2 Å². The van der Waals surface area contributed by atoms with E-state index in [-0.39, 0.29) is 52.8 Å². The number of fused-ring (bicyclic) bond motifs is 1. The van der Waals surface area contributed by atoms with Gasteiger partial charge in [0.1, 0.15) is 11.7 Å².